The second kappa shape index (κ2) is 17.5. The van der Waals surface area contributed by atoms with E-state index < -0.39 is 5.91 Å². The summed E-state index contributed by atoms with van der Waals surface area (Å²) >= 11 is 0. The normalized spacial score (nSPS) is 10.8. The van der Waals surface area contributed by atoms with E-state index in [1.165, 1.54) is 6.92 Å². The number of primary amides is 1. The third kappa shape index (κ3) is 12.0. The molecule has 212 valence electrons. The van der Waals surface area contributed by atoms with Crippen molar-refractivity contribution >= 4 is 17.7 Å². The van der Waals surface area contributed by atoms with Gasteiger partial charge in [0.1, 0.15) is 17.2 Å². The SMILES string of the molecule is CCCN(CCC)C(=O)c1ccc(OCCCCCOc2ccc(CN=NC(C)=O)cc2)cc1OCC(N)=O. The minimum absolute atomic E-state index is 0.141. The van der Waals surface area contributed by atoms with Crippen molar-refractivity contribution in [3.8, 4) is 17.2 Å². The Morgan fingerprint density at radius 2 is 1.46 bits per heavy atom. The molecule has 2 aromatic carbocycles. The summed E-state index contributed by atoms with van der Waals surface area (Å²) in [7, 11) is 0. The van der Waals surface area contributed by atoms with Crippen molar-refractivity contribution in [1.82, 2.24) is 4.90 Å². The maximum absolute atomic E-state index is 13.1. The zero-order valence-corrected chi connectivity index (χ0v) is 23.2. The molecule has 0 radical (unpaired) electrons. The van der Waals surface area contributed by atoms with E-state index in [9.17, 15) is 14.4 Å². The highest BCUT2D eigenvalue weighted by Crippen LogP contribution is 2.27. The number of benzene rings is 2. The molecule has 10 heteroatoms. The molecule has 0 bridgehead atoms. The van der Waals surface area contributed by atoms with Crippen LogP contribution in [0.2, 0.25) is 0 Å². The fourth-order valence-electron chi connectivity index (χ4n) is 3.73. The third-order valence-electron chi connectivity index (χ3n) is 5.54. The molecule has 0 aliphatic heterocycles. The number of carbonyl (C=O) groups is 3. The molecule has 0 fully saturated rings. The number of unbranched alkanes of at least 4 members (excludes halogenated alkanes) is 2. The zero-order valence-electron chi connectivity index (χ0n) is 23.2. The van der Waals surface area contributed by atoms with Crippen molar-refractivity contribution in [2.75, 3.05) is 32.9 Å². The quantitative estimate of drug-likeness (QED) is 0.210. The van der Waals surface area contributed by atoms with Crippen molar-refractivity contribution in [2.24, 2.45) is 16.0 Å². The lowest BCUT2D eigenvalue weighted by molar-refractivity contribution is -0.120. The number of carbonyl (C=O) groups excluding carboxylic acids is 3. The lowest BCUT2D eigenvalue weighted by Gasteiger charge is -2.23. The number of azo groups is 1. The molecular weight excluding hydrogens is 500 g/mol. The summed E-state index contributed by atoms with van der Waals surface area (Å²) in [6.07, 6.45) is 4.29. The predicted molar refractivity (Wildman–Crippen MR) is 148 cm³/mol. The standard InChI is InChI=1S/C29H40N4O6/c1-4-15-33(16-5-2)29(36)26-14-13-25(19-27(26)39-21-28(30)35)38-18-8-6-7-17-37-24-11-9-23(10-12-24)20-31-32-22(3)34/h9-14,19H,4-8,15-18,20-21H2,1-3H3,(H2,30,35). The van der Waals surface area contributed by atoms with Crippen LogP contribution in [-0.4, -0.2) is 55.5 Å². The van der Waals surface area contributed by atoms with Crippen LogP contribution >= 0.6 is 0 Å². The van der Waals surface area contributed by atoms with Gasteiger partial charge in [0.2, 0.25) is 0 Å². The first-order chi connectivity index (χ1) is 18.8. The fourth-order valence-corrected chi connectivity index (χ4v) is 3.73. The maximum atomic E-state index is 13.1. The highest BCUT2D eigenvalue weighted by Gasteiger charge is 2.20. The first-order valence-corrected chi connectivity index (χ1v) is 13.4. The van der Waals surface area contributed by atoms with E-state index in [-0.39, 0.29) is 24.2 Å². The van der Waals surface area contributed by atoms with Gasteiger partial charge in [-0.15, -0.1) is 5.11 Å². The molecule has 0 aliphatic rings. The van der Waals surface area contributed by atoms with Crippen LogP contribution in [0.3, 0.4) is 0 Å². The fraction of sp³-hybridized carbons (Fsp3) is 0.483. The molecule has 2 rings (SSSR count). The molecule has 0 unspecified atom stereocenters. The molecule has 0 aromatic heterocycles. The average molecular weight is 541 g/mol. The van der Waals surface area contributed by atoms with E-state index in [1.807, 2.05) is 38.1 Å². The van der Waals surface area contributed by atoms with Crippen LogP contribution in [0.5, 0.6) is 17.2 Å². The summed E-state index contributed by atoms with van der Waals surface area (Å²) in [6.45, 7) is 7.80. The Bertz CT molecular complexity index is 1080. The van der Waals surface area contributed by atoms with Crippen molar-refractivity contribution in [1.29, 1.82) is 0 Å². The molecule has 0 aliphatic carbocycles. The van der Waals surface area contributed by atoms with Crippen LogP contribution in [0.15, 0.2) is 52.7 Å². The van der Waals surface area contributed by atoms with E-state index in [0.717, 1.165) is 43.4 Å². The van der Waals surface area contributed by atoms with Gasteiger partial charge in [0.15, 0.2) is 6.61 Å². The molecule has 0 saturated carbocycles. The number of rotatable bonds is 18. The Morgan fingerprint density at radius 3 is 2.05 bits per heavy atom. The number of nitrogens with two attached hydrogens (primary N) is 1. The lowest BCUT2D eigenvalue weighted by Crippen LogP contribution is -2.33. The first-order valence-electron chi connectivity index (χ1n) is 13.4. The third-order valence-corrected chi connectivity index (χ3v) is 5.54. The van der Waals surface area contributed by atoms with Gasteiger partial charge in [0.25, 0.3) is 17.7 Å². The molecule has 39 heavy (non-hydrogen) atoms. The van der Waals surface area contributed by atoms with Gasteiger partial charge in [0.05, 0.1) is 25.3 Å². The molecule has 2 aromatic rings. The van der Waals surface area contributed by atoms with Crippen molar-refractivity contribution in [2.45, 2.75) is 59.4 Å². The monoisotopic (exact) mass is 540 g/mol. The zero-order chi connectivity index (χ0) is 28.5. The largest absolute Gasteiger partial charge is 0.494 e. The predicted octanol–water partition coefficient (Wildman–Crippen LogP) is 4.94. The summed E-state index contributed by atoms with van der Waals surface area (Å²) in [6, 6.07) is 12.6. The second-order valence-corrected chi connectivity index (χ2v) is 9.03. The van der Waals surface area contributed by atoms with E-state index in [4.69, 9.17) is 19.9 Å². The number of ether oxygens (including phenoxy) is 3. The Balaban J connectivity index is 1.80. The van der Waals surface area contributed by atoms with Gasteiger partial charge in [-0.2, -0.15) is 5.11 Å². The number of nitrogens with zero attached hydrogens (tertiary/aromatic N) is 3. The van der Waals surface area contributed by atoms with Crippen LogP contribution < -0.4 is 19.9 Å². The van der Waals surface area contributed by atoms with E-state index in [0.29, 0.717) is 44.2 Å². The molecule has 0 saturated heterocycles. The molecule has 2 N–H and O–H groups in total. The Kier molecular flexibility index (Phi) is 14.1. The van der Waals surface area contributed by atoms with E-state index >= 15 is 0 Å². The topological polar surface area (TPSA) is 133 Å². The van der Waals surface area contributed by atoms with Gasteiger partial charge in [0, 0.05) is 26.1 Å². The Morgan fingerprint density at radius 1 is 0.846 bits per heavy atom. The highest BCUT2D eigenvalue weighted by atomic mass is 16.5. The summed E-state index contributed by atoms with van der Waals surface area (Å²) < 4.78 is 17.2. The van der Waals surface area contributed by atoms with E-state index in [1.54, 1.807) is 23.1 Å². The average Bonchev–Trinajstić information content (AvgIpc) is 2.91. The molecule has 0 spiro atoms. The Labute approximate surface area is 230 Å². The van der Waals surface area contributed by atoms with Gasteiger partial charge in [-0.1, -0.05) is 26.0 Å². The van der Waals surface area contributed by atoms with Crippen LogP contribution in [0.4, 0.5) is 0 Å². The minimum Gasteiger partial charge on any atom is -0.494 e. The summed E-state index contributed by atoms with van der Waals surface area (Å²) in [5, 5.41) is 7.33. The molecule has 0 heterocycles. The first kappa shape index (κ1) is 31.3. The number of amides is 3. The van der Waals surface area contributed by atoms with Gasteiger partial charge in [-0.3, -0.25) is 14.4 Å². The van der Waals surface area contributed by atoms with Gasteiger partial charge < -0.3 is 24.8 Å². The van der Waals surface area contributed by atoms with Gasteiger partial charge >= 0.3 is 0 Å². The smallest absolute Gasteiger partial charge is 0.261 e. The van der Waals surface area contributed by atoms with Gasteiger partial charge in [-0.25, -0.2) is 0 Å². The minimum atomic E-state index is -0.618. The summed E-state index contributed by atoms with van der Waals surface area (Å²) in [5.74, 6) is 0.543. The lowest BCUT2D eigenvalue weighted by atomic mass is 10.1. The van der Waals surface area contributed by atoms with Crippen LogP contribution in [0, 0.1) is 0 Å². The van der Waals surface area contributed by atoms with Crippen molar-refractivity contribution in [3.05, 3.63) is 53.6 Å². The summed E-state index contributed by atoms with van der Waals surface area (Å²) in [4.78, 5) is 37.0. The van der Waals surface area contributed by atoms with E-state index in [2.05, 4.69) is 10.2 Å². The van der Waals surface area contributed by atoms with Crippen LogP contribution in [0.1, 0.15) is 68.8 Å². The second-order valence-electron chi connectivity index (χ2n) is 9.03. The van der Waals surface area contributed by atoms with Crippen LogP contribution in [-0.2, 0) is 16.1 Å². The van der Waals surface area contributed by atoms with Crippen molar-refractivity contribution in [3.63, 3.8) is 0 Å². The summed E-state index contributed by atoms with van der Waals surface area (Å²) in [5.41, 5.74) is 6.58. The van der Waals surface area contributed by atoms with Crippen LogP contribution in [0.25, 0.3) is 0 Å². The van der Waals surface area contributed by atoms with Gasteiger partial charge in [-0.05, 0) is 61.9 Å². The number of hydrogen-bond acceptors (Lipinski definition) is 7. The molecular formula is C29H40N4O6. The Hall–Kier alpha value is -3.95. The molecule has 0 atom stereocenters. The highest BCUT2D eigenvalue weighted by molar-refractivity contribution is 5.97. The number of hydrogen-bond donors (Lipinski definition) is 1. The maximum Gasteiger partial charge on any atom is 0.261 e. The molecule has 10 nitrogen and oxygen atoms in total. The van der Waals surface area contributed by atoms with Crippen molar-refractivity contribution < 1.29 is 28.6 Å². The molecule has 3 amide bonds.